The molecule has 0 atom stereocenters. The molecular weight excluding hydrogens is 238 g/mol. The quantitative estimate of drug-likeness (QED) is 0.560. The molecular formula is C11H19N3O2S. The molecule has 0 spiro atoms. The van der Waals surface area contributed by atoms with E-state index in [2.05, 4.69) is 10.1 Å². The number of hydrogen-bond acceptors (Lipinski definition) is 4. The lowest BCUT2D eigenvalue weighted by atomic mass is 10.1. The molecule has 0 fully saturated rings. The lowest BCUT2D eigenvalue weighted by Gasteiger charge is -2.15. The van der Waals surface area contributed by atoms with E-state index in [0.717, 1.165) is 0 Å². The molecule has 0 aliphatic heterocycles. The fraction of sp³-hybridized carbons (Fsp3) is 0.455. The molecule has 0 saturated carbocycles. The van der Waals surface area contributed by atoms with Gasteiger partial charge in [0.15, 0.2) is 0 Å². The zero-order valence-corrected chi connectivity index (χ0v) is 11.4. The summed E-state index contributed by atoms with van der Waals surface area (Å²) in [7, 11) is -3.46. The maximum absolute atomic E-state index is 12.1. The van der Waals surface area contributed by atoms with Crippen LogP contribution in [0, 0.1) is 13.8 Å². The third-order valence-electron chi connectivity index (χ3n) is 2.29. The normalized spacial score (nSPS) is 11.9. The highest BCUT2D eigenvalue weighted by atomic mass is 32.2. The summed E-state index contributed by atoms with van der Waals surface area (Å²) < 4.78 is 26.8. The van der Waals surface area contributed by atoms with E-state index < -0.39 is 10.0 Å². The highest BCUT2D eigenvalue weighted by Gasteiger charge is 2.20. The molecule has 1 aromatic carbocycles. The highest BCUT2D eigenvalue weighted by Crippen LogP contribution is 2.24. The first-order chi connectivity index (χ1) is 7.77. The van der Waals surface area contributed by atoms with Gasteiger partial charge in [-0.25, -0.2) is 13.1 Å². The topological polar surface area (TPSA) is 84.2 Å². The number of nitrogens with one attached hydrogen (secondary N) is 2. The Morgan fingerprint density at radius 3 is 2.00 bits per heavy atom. The first kappa shape index (κ1) is 14.0. The lowest BCUT2D eigenvalue weighted by Crippen LogP contribution is -2.31. The summed E-state index contributed by atoms with van der Waals surface area (Å²) in [6.45, 7) is 7.08. The van der Waals surface area contributed by atoms with Crippen LogP contribution < -0.4 is 16.0 Å². The van der Waals surface area contributed by atoms with Crippen LogP contribution in [0.25, 0.3) is 0 Å². The van der Waals surface area contributed by atoms with E-state index in [1.165, 1.54) is 0 Å². The maximum atomic E-state index is 12.1. The van der Waals surface area contributed by atoms with Gasteiger partial charge in [0.2, 0.25) is 10.0 Å². The summed E-state index contributed by atoms with van der Waals surface area (Å²) in [5, 5.41) is 0. The number of benzene rings is 1. The second-order valence-electron chi connectivity index (χ2n) is 4.36. The summed E-state index contributed by atoms with van der Waals surface area (Å²) in [5.74, 6) is 5.31. The van der Waals surface area contributed by atoms with Crippen molar-refractivity contribution < 1.29 is 8.42 Å². The second kappa shape index (κ2) is 5.03. The van der Waals surface area contributed by atoms with Gasteiger partial charge in [-0.1, -0.05) is 0 Å². The molecule has 6 heteroatoms. The van der Waals surface area contributed by atoms with Crippen LogP contribution in [0.1, 0.15) is 25.0 Å². The van der Waals surface area contributed by atoms with Crippen molar-refractivity contribution in [3.63, 3.8) is 0 Å². The average molecular weight is 257 g/mol. The van der Waals surface area contributed by atoms with Gasteiger partial charge in [0.25, 0.3) is 0 Å². The number of sulfonamides is 1. The molecule has 96 valence electrons. The number of aryl methyl sites for hydroxylation is 2. The van der Waals surface area contributed by atoms with Crippen molar-refractivity contribution in [3.8, 4) is 0 Å². The smallest absolute Gasteiger partial charge is 0.241 e. The molecule has 0 amide bonds. The van der Waals surface area contributed by atoms with E-state index in [1.54, 1.807) is 39.8 Å². The maximum Gasteiger partial charge on any atom is 0.241 e. The zero-order chi connectivity index (χ0) is 13.2. The average Bonchev–Trinajstić information content (AvgIpc) is 2.13. The summed E-state index contributed by atoms with van der Waals surface area (Å²) in [5.41, 5.74) is 4.56. The first-order valence-corrected chi connectivity index (χ1v) is 6.86. The Morgan fingerprint density at radius 2 is 1.65 bits per heavy atom. The van der Waals surface area contributed by atoms with Crippen LogP contribution in [0.3, 0.4) is 0 Å². The van der Waals surface area contributed by atoms with Gasteiger partial charge >= 0.3 is 0 Å². The van der Waals surface area contributed by atoms with Crippen molar-refractivity contribution in [2.75, 3.05) is 5.43 Å². The largest absolute Gasteiger partial charge is 0.324 e. The Kier molecular flexibility index (Phi) is 4.13. The van der Waals surface area contributed by atoms with Crippen molar-refractivity contribution in [3.05, 3.63) is 23.3 Å². The molecule has 0 aliphatic carbocycles. The molecule has 17 heavy (non-hydrogen) atoms. The molecule has 0 bridgehead atoms. The molecule has 0 aromatic heterocycles. The Bertz CT molecular complexity index is 486. The van der Waals surface area contributed by atoms with Gasteiger partial charge in [-0.3, -0.25) is 5.84 Å². The predicted octanol–water partition coefficient (Wildman–Crippen LogP) is 1.28. The Hall–Kier alpha value is -1.11. The van der Waals surface area contributed by atoms with Crippen molar-refractivity contribution in [1.82, 2.24) is 4.72 Å². The van der Waals surface area contributed by atoms with Crippen LogP contribution >= 0.6 is 0 Å². The molecule has 0 aliphatic rings. The van der Waals surface area contributed by atoms with Crippen molar-refractivity contribution >= 4 is 15.7 Å². The standard InChI is InChI=1S/C11H19N3O2S/c1-7(2)14-17(15,16)11-8(3)5-10(13-12)6-9(11)4/h5-7,13-14H,12H2,1-4H3. The van der Waals surface area contributed by atoms with E-state index in [4.69, 9.17) is 5.84 Å². The number of anilines is 1. The number of nitrogen functional groups attached to an aromatic ring is 1. The van der Waals surface area contributed by atoms with Crippen LogP contribution in [-0.4, -0.2) is 14.5 Å². The minimum Gasteiger partial charge on any atom is -0.324 e. The van der Waals surface area contributed by atoms with E-state index in [9.17, 15) is 8.42 Å². The number of nitrogens with two attached hydrogens (primary N) is 1. The van der Waals surface area contributed by atoms with Gasteiger partial charge < -0.3 is 5.43 Å². The third-order valence-corrected chi connectivity index (χ3v) is 4.25. The fourth-order valence-electron chi connectivity index (χ4n) is 1.83. The van der Waals surface area contributed by atoms with E-state index in [0.29, 0.717) is 21.7 Å². The third kappa shape index (κ3) is 3.18. The highest BCUT2D eigenvalue weighted by molar-refractivity contribution is 7.89. The first-order valence-electron chi connectivity index (χ1n) is 5.38. The predicted molar refractivity (Wildman–Crippen MR) is 69.2 cm³/mol. The summed E-state index contributed by atoms with van der Waals surface area (Å²) >= 11 is 0. The molecule has 0 heterocycles. The summed E-state index contributed by atoms with van der Waals surface area (Å²) in [4.78, 5) is 0.324. The van der Waals surface area contributed by atoms with Crippen molar-refractivity contribution in [1.29, 1.82) is 0 Å². The lowest BCUT2D eigenvalue weighted by molar-refractivity contribution is 0.568. The van der Waals surface area contributed by atoms with Gasteiger partial charge in [0.05, 0.1) is 4.90 Å². The zero-order valence-electron chi connectivity index (χ0n) is 10.5. The minimum atomic E-state index is -3.46. The molecule has 4 N–H and O–H groups in total. The molecule has 0 unspecified atom stereocenters. The Balaban J connectivity index is 3.32. The van der Waals surface area contributed by atoms with E-state index in [1.807, 2.05) is 0 Å². The number of hydrazine groups is 1. The second-order valence-corrected chi connectivity index (χ2v) is 6.01. The van der Waals surface area contributed by atoms with Gasteiger partial charge in [0.1, 0.15) is 0 Å². The van der Waals surface area contributed by atoms with Gasteiger partial charge in [0, 0.05) is 11.7 Å². The summed E-state index contributed by atoms with van der Waals surface area (Å²) in [6, 6.07) is 3.29. The molecule has 0 saturated heterocycles. The van der Waals surface area contributed by atoms with Crippen LogP contribution in [0.4, 0.5) is 5.69 Å². The number of rotatable bonds is 4. The van der Waals surface area contributed by atoms with Crippen LogP contribution in [0.15, 0.2) is 17.0 Å². The van der Waals surface area contributed by atoms with Gasteiger partial charge in [-0.05, 0) is 51.0 Å². The molecule has 1 aromatic rings. The van der Waals surface area contributed by atoms with Crippen LogP contribution in [0.5, 0.6) is 0 Å². The summed E-state index contributed by atoms with van der Waals surface area (Å²) in [6.07, 6.45) is 0. The van der Waals surface area contributed by atoms with Crippen molar-refractivity contribution in [2.45, 2.75) is 38.6 Å². The van der Waals surface area contributed by atoms with Gasteiger partial charge in [-0.2, -0.15) is 0 Å². The number of hydrogen-bond donors (Lipinski definition) is 3. The molecule has 1 rings (SSSR count). The van der Waals surface area contributed by atoms with Crippen molar-refractivity contribution in [2.24, 2.45) is 5.84 Å². The monoisotopic (exact) mass is 257 g/mol. The molecule has 0 radical (unpaired) electrons. The van der Waals surface area contributed by atoms with Gasteiger partial charge in [-0.15, -0.1) is 0 Å². The Labute approximate surface area is 102 Å². The minimum absolute atomic E-state index is 0.133. The van der Waals surface area contributed by atoms with E-state index in [-0.39, 0.29) is 6.04 Å². The van der Waals surface area contributed by atoms with E-state index >= 15 is 0 Å². The fourth-order valence-corrected chi connectivity index (χ4v) is 3.53. The van der Waals surface area contributed by atoms with Crippen LogP contribution in [0.2, 0.25) is 0 Å². The molecule has 5 nitrogen and oxygen atoms in total. The Morgan fingerprint density at radius 1 is 1.18 bits per heavy atom. The van der Waals surface area contributed by atoms with Crippen LogP contribution in [-0.2, 0) is 10.0 Å². The SMILES string of the molecule is Cc1cc(NN)cc(C)c1S(=O)(=O)NC(C)C.